The maximum atomic E-state index is 13.1. The predicted molar refractivity (Wildman–Crippen MR) is 119 cm³/mol. The summed E-state index contributed by atoms with van der Waals surface area (Å²) in [7, 11) is -3.81. The number of nitrogens with zero attached hydrogens (tertiary/aromatic N) is 2. The van der Waals surface area contributed by atoms with Crippen LogP contribution in [0.15, 0.2) is 41.3 Å². The van der Waals surface area contributed by atoms with Gasteiger partial charge in [-0.05, 0) is 37.1 Å². The van der Waals surface area contributed by atoms with Gasteiger partial charge in [-0.3, -0.25) is 4.79 Å². The lowest BCUT2D eigenvalue weighted by Crippen LogP contribution is -2.49. The summed E-state index contributed by atoms with van der Waals surface area (Å²) in [6.07, 6.45) is 1.60. The highest BCUT2D eigenvalue weighted by Crippen LogP contribution is 2.32. The Bertz CT molecular complexity index is 1080. The van der Waals surface area contributed by atoms with Gasteiger partial charge < -0.3 is 9.80 Å². The van der Waals surface area contributed by atoms with E-state index < -0.39 is 10.0 Å². The minimum Gasteiger partial charge on any atom is -0.367 e. The van der Waals surface area contributed by atoms with Crippen LogP contribution < -0.4 is 9.62 Å². The third-order valence-electron chi connectivity index (χ3n) is 5.20. The van der Waals surface area contributed by atoms with E-state index in [1.54, 1.807) is 4.90 Å². The fourth-order valence-electron chi connectivity index (χ4n) is 3.41. The number of carbonyl (C=O) groups excluding carboxylic acids is 1. The number of para-hydroxylation sites is 1. The molecule has 2 aliphatic rings. The maximum absolute atomic E-state index is 13.1. The first-order valence-corrected chi connectivity index (χ1v) is 12.2. The molecular formula is C20H20Cl3N3O3S. The van der Waals surface area contributed by atoms with E-state index in [-0.39, 0.29) is 32.5 Å². The summed E-state index contributed by atoms with van der Waals surface area (Å²) in [4.78, 5) is 16.7. The molecule has 1 aliphatic carbocycles. The number of piperazine rings is 1. The van der Waals surface area contributed by atoms with Gasteiger partial charge >= 0.3 is 0 Å². The van der Waals surface area contributed by atoms with Gasteiger partial charge in [-0.25, -0.2) is 13.1 Å². The van der Waals surface area contributed by atoms with Crippen molar-refractivity contribution in [2.24, 2.45) is 0 Å². The Morgan fingerprint density at radius 1 is 0.933 bits per heavy atom. The molecule has 0 atom stereocenters. The second-order valence-electron chi connectivity index (χ2n) is 7.39. The molecule has 4 rings (SSSR count). The van der Waals surface area contributed by atoms with E-state index in [1.807, 2.05) is 24.3 Å². The summed E-state index contributed by atoms with van der Waals surface area (Å²) in [5, 5.41) is 0.785. The number of hydrogen-bond donors (Lipinski definition) is 1. The largest absolute Gasteiger partial charge is 0.367 e. The van der Waals surface area contributed by atoms with Crippen LogP contribution in [-0.4, -0.2) is 51.4 Å². The number of carbonyl (C=O) groups is 1. The summed E-state index contributed by atoms with van der Waals surface area (Å²) in [6, 6.07) is 10.1. The second kappa shape index (κ2) is 8.55. The number of benzene rings is 2. The average Bonchev–Trinajstić information content (AvgIpc) is 3.51. The zero-order valence-corrected chi connectivity index (χ0v) is 19.0. The number of hydrogen-bond acceptors (Lipinski definition) is 4. The third-order valence-corrected chi connectivity index (χ3v) is 7.82. The molecule has 0 aromatic heterocycles. The van der Waals surface area contributed by atoms with Crippen molar-refractivity contribution in [2.45, 2.75) is 23.8 Å². The monoisotopic (exact) mass is 487 g/mol. The number of rotatable bonds is 5. The van der Waals surface area contributed by atoms with E-state index >= 15 is 0 Å². The molecule has 0 radical (unpaired) electrons. The molecule has 1 aliphatic heterocycles. The highest BCUT2D eigenvalue weighted by molar-refractivity contribution is 7.89. The van der Waals surface area contributed by atoms with Crippen molar-refractivity contribution in [3.8, 4) is 0 Å². The lowest BCUT2D eigenvalue weighted by atomic mass is 10.1. The van der Waals surface area contributed by atoms with Crippen molar-refractivity contribution < 1.29 is 13.2 Å². The Morgan fingerprint density at radius 2 is 1.60 bits per heavy atom. The van der Waals surface area contributed by atoms with Gasteiger partial charge in [0, 0.05) is 32.2 Å². The molecule has 160 valence electrons. The predicted octanol–water partition coefficient (Wildman–Crippen LogP) is 4.05. The number of amides is 1. The maximum Gasteiger partial charge on any atom is 0.255 e. The molecule has 1 amide bonds. The minimum atomic E-state index is -3.81. The number of anilines is 1. The van der Waals surface area contributed by atoms with Crippen LogP contribution in [0.1, 0.15) is 23.2 Å². The standard InChI is InChI=1S/C20H20Cl3N3O3S/c21-15-3-1-2-4-18(15)25-7-9-26(10-8-25)20(27)14-11-19(17(23)12-16(14)22)30(28,29)24-13-5-6-13/h1-4,11-13,24H,5-10H2. The average molecular weight is 489 g/mol. The summed E-state index contributed by atoms with van der Waals surface area (Å²) in [5.74, 6) is -0.321. The lowest BCUT2D eigenvalue weighted by molar-refractivity contribution is 0.0746. The molecule has 1 heterocycles. The summed E-state index contributed by atoms with van der Waals surface area (Å²) in [5.41, 5.74) is 1.05. The molecule has 1 saturated heterocycles. The van der Waals surface area contributed by atoms with E-state index in [9.17, 15) is 13.2 Å². The van der Waals surface area contributed by atoms with Gasteiger partial charge in [0.05, 0.1) is 26.3 Å². The van der Waals surface area contributed by atoms with E-state index in [4.69, 9.17) is 34.8 Å². The van der Waals surface area contributed by atoms with Crippen LogP contribution in [0.25, 0.3) is 0 Å². The van der Waals surface area contributed by atoms with Gasteiger partial charge in [0.2, 0.25) is 10.0 Å². The molecule has 0 spiro atoms. The Labute approximate surface area is 190 Å². The van der Waals surface area contributed by atoms with Crippen LogP contribution in [0.4, 0.5) is 5.69 Å². The van der Waals surface area contributed by atoms with E-state index in [1.165, 1.54) is 12.1 Å². The fourth-order valence-corrected chi connectivity index (χ4v) is 5.83. The van der Waals surface area contributed by atoms with Gasteiger partial charge in [-0.2, -0.15) is 0 Å². The molecule has 1 saturated carbocycles. The van der Waals surface area contributed by atoms with Crippen molar-refractivity contribution in [3.05, 3.63) is 57.0 Å². The van der Waals surface area contributed by atoms with Crippen molar-refractivity contribution in [1.82, 2.24) is 9.62 Å². The van der Waals surface area contributed by atoms with Crippen LogP contribution >= 0.6 is 34.8 Å². The zero-order valence-electron chi connectivity index (χ0n) is 15.9. The van der Waals surface area contributed by atoms with Crippen LogP contribution in [-0.2, 0) is 10.0 Å². The Balaban J connectivity index is 1.52. The lowest BCUT2D eigenvalue weighted by Gasteiger charge is -2.36. The first-order valence-electron chi connectivity index (χ1n) is 9.56. The highest BCUT2D eigenvalue weighted by atomic mass is 35.5. The fraction of sp³-hybridized carbons (Fsp3) is 0.350. The molecule has 0 bridgehead atoms. The third kappa shape index (κ3) is 4.55. The van der Waals surface area contributed by atoms with Gasteiger partial charge in [-0.15, -0.1) is 0 Å². The van der Waals surface area contributed by atoms with Gasteiger partial charge in [0.25, 0.3) is 5.91 Å². The molecular weight excluding hydrogens is 469 g/mol. The number of sulfonamides is 1. The molecule has 2 fully saturated rings. The first-order chi connectivity index (χ1) is 14.3. The Morgan fingerprint density at radius 3 is 2.23 bits per heavy atom. The van der Waals surface area contributed by atoms with Gasteiger partial charge in [-0.1, -0.05) is 46.9 Å². The van der Waals surface area contributed by atoms with E-state index in [2.05, 4.69) is 9.62 Å². The summed E-state index contributed by atoms with van der Waals surface area (Å²) < 4.78 is 27.8. The topological polar surface area (TPSA) is 69.7 Å². The Hall–Kier alpha value is -1.51. The molecule has 6 nitrogen and oxygen atoms in total. The number of halogens is 3. The van der Waals surface area contributed by atoms with Crippen LogP contribution in [0.3, 0.4) is 0 Å². The zero-order chi connectivity index (χ0) is 21.5. The second-order valence-corrected chi connectivity index (χ2v) is 10.3. The normalized spacial score (nSPS) is 17.3. The van der Waals surface area contributed by atoms with E-state index in [0.29, 0.717) is 31.2 Å². The van der Waals surface area contributed by atoms with Crippen molar-refractivity contribution in [3.63, 3.8) is 0 Å². The molecule has 0 unspecified atom stereocenters. The highest BCUT2D eigenvalue weighted by Gasteiger charge is 2.31. The van der Waals surface area contributed by atoms with Gasteiger partial charge in [0.1, 0.15) is 4.90 Å². The van der Waals surface area contributed by atoms with Crippen LogP contribution in [0.5, 0.6) is 0 Å². The molecule has 10 heteroatoms. The SMILES string of the molecule is O=C(c1cc(S(=O)(=O)NC2CC2)c(Cl)cc1Cl)N1CCN(c2ccccc2Cl)CC1. The quantitative estimate of drug-likeness (QED) is 0.689. The first kappa shape index (κ1) is 21.7. The van der Waals surface area contributed by atoms with E-state index in [0.717, 1.165) is 18.5 Å². The minimum absolute atomic E-state index is 0.00626. The number of nitrogens with one attached hydrogen (secondary N) is 1. The smallest absolute Gasteiger partial charge is 0.255 e. The van der Waals surface area contributed by atoms with Crippen molar-refractivity contribution >= 4 is 56.4 Å². The van der Waals surface area contributed by atoms with Crippen molar-refractivity contribution in [1.29, 1.82) is 0 Å². The molecule has 30 heavy (non-hydrogen) atoms. The summed E-state index contributed by atoms with van der Waals surface area (Å²) >= 11 is 18.7. The Kier molecular flexibility index (Phi) is 6.19. The molecule has 1 N–H and O–H groups in total. The summed E-state index contributed by atoms with van der Waals surface area (Å²) in [6.45, 7) is 2.14. The van der Waals surface area contributed by atoms with Gasteiger partial charge in [0.15, 0.2) is 0 Å². The molecule has 2 aromatic carbocycles. The van der Waals surface area contributed by atoms with Crippen LogP contribution in [0, 0.1) is 0 Å². The van der Waals surface area contributed by atoms with Crippen LogP contribution in [0.2, 0.25) is 15.1 Å². The van der Waals surface area contributed by atoms with Crippen molar-refractivity contribution in [2.75, 3.05) is 31.1 Å². The molecule has 2 aromatic rings.